The molecule has 40 heavy (non-hydrogen) atoms. The van der Waals surface area contributed by atoms with Crippen molar-refractivity contribution in [3.05, 3.63) is 53.3 Å². The molecule has 2 fully saturated rings. The summed E-state index contributed by atoms with van der Waals surface area (Å²) in [4.78, 5) is 43.7. The van der Waals surface area contributed by atoms with Crippen molar-refractivity contribution in [1.82, 2.24) is 15.2 Å². The first-order valence-electron chi connectivity index (χ1n) is 13.4. The monoisotopic (exact) mass is 560 g/mol. The Morgan fingerprint density at radius 2 is 1.88 bits per heavy atom. The van der Waals surface area contributed by atoms with Gasteiger partial charge in [0.15, 0.2) is 0 Å². The molecule has 3 amide bonds. The number of ether oxygens (including phenoxy) is 2. The average molecular weight is 561 g/mol. The summed E-state index contributed by atoms with van der Waals surface area (Å²) in [6, 6.07) is 6.31. The van der Waals surface area contributed by atoms with Crippen LogP contribution in [0.4, 0.5) is 18.9 Å². The van der Waals surface area contributed by atoms with Crippen molar-refractivity contribution in [2.75, 3.05) is 19.0 Å². The summed E-state index contributed by atoms with van der Waals surface area (Å²) in [7, 11) is 1.68. The van der Waals surface area contributed by atoms with Crippen LogP contribution in [0.1, 0.15) is 71.4 Å². The topological polar surface area (TPSA) is 110 Å². The van der Waals surface area contributed by atoms with Crippen molar-refractivity contribution in [3.8, 4) is 5.75 Å². The van der Waals surface area contributed by atoms with E-state index in [0.29, 0.717) is 24.8 Å². The van der Waals surface area contributed by atoms with Gasteiger partial charge in [0.05, 0.1) is 29.7 Å². The van der Waals surface area contributed by atoms with E-state index in [-0.39, 0.29) is 60.0 Å². The molecule has 1 aromatic carbocycles. The number of hydrogen-bond acceptors (Lipinski definition) is 6. The largest absolute Gasteiger partial charge is 0.490 e. The molecule has 3 atom stereocenters. The van der Waals surface area contributed by atoms with Crippen LogP contribution in [0.15, 0.2) is 36.5 Å². The van der Waals surface area contributed by atoms with E-state index in [2.05, 4.69) is 15.6 Å². The van der Waals surface area contributed by atoms with Gasteiger partial charge < -0.3 is 25.0 Å². The second-order valence-electron chi connectivity index (χ2n) is 10.5. The van der Waals surface area contributed by atoms with E-state index in [1.54, 1.807) is 18.0 Å². The van der Waals surface area contributed by atoms with Crippen LogP contribution in [0.25, 0.3) is 0 Å². The maximum atomic E-state index is 13.4. The number of anilines is 1. The first kappa shape index (κ1) is 27.9. The molecule has 3 aliphatic rings. The third-order valence-corrected chi connectivity index (χ3v) is 7.73. The fourth-order valence-electron chi connectivity index (χ4n) is 5.56. The van der Waals surface area contributed by atoms with E-state index in [1.165, 1.54) is 12.1 Å². The van der Waals surface area contributed by atoms with Gasteiger partial charge >= 0.3 is 6.18 Å². The predicted octanol–water partition coefficient (Wildman–Crippen LogP) is 4.18. The van der Waals surface area contributed by atoms with Gasteiger partial charge in [-0.15, -0.1) is 0 Å². The van der Waals surface area contributed by atoms with E-state index < -0.39 is 23.8 Å². The highest BCUT2D eigenvalue weighted by Crippen LogP contribution is 2.33. The van der Waals surface area contributed by atoms with Gasteiger partial charge in [0.1, 0.15) is 24.2 Å². The SMILES string of the molecule is CN1C(=O)c2cc(NC(=O)c3ccc(C(F)(F)F)cn3)ccc2OC[C@@H]2O[C@H](CC(=O)NC3CCCC3)CC[C@@H]21. The number of likely N-dealkylation sites (N-methyl/N-ethyl adjacent to an activating group) is 1. The molecule has 0 unspecified atom stereocenters. The van der Waals surface area contributed by atoms with E-state index in [1.807, 2.05) is 0 Å². The molecular formula is C28H31F3N4O5. The molecule has 1 saturated heterocycles. The number of pyridine rings is 1. The molecule has 1 aromatic heterocycles. The minimum absolute atomic E-state index is 0.0158. The molecule has 5 rings (SSSR count). The summed E-state index contributed by atoms with van der Waals surface area (Å²) in [6.45, 7) is 0.178. The Bertz CT molecular complexity index is 1260. The third-order valence-electron chi connectivity index (χ3n) is 7.73. The van der Waals surface area contributed by atoms with Gasteiger partial charge in [-0.05, 0) is 56.0 Å². The first-order chi connectivity index (χ1) is 19.1. The summed E-state index contributed by atoms with van der Waals surface area (Å²) in [5, 5.41) is 5.67. The van der Waals surface area contributed by atoms with Crippen LogP contribution in [0, 0.1) is 0 Å². The Morgan fingerprint density at radius 3 is 2.58 bits per heavy atom. The molecule has 0 spiro atoms. The fraction of sp³-hybridized carbons (Fsp3) is 0.500. The van der Waals surface area contributed by atoms with Gasteiger partial charge in [-0.25, -0.2) is 0 Å². The van der Waals surface area contributed by atoms with Crippen LogP contribution in [0.2, 0.25) is 0 Å². The second-order valence-corrected chi connectivity index (χ2v) is 10.5. The molecule has 0 radical (unpaired) electrons. The maximum absolute atomic E-state index is 13.4. The first-order valence-corrected chi connectivity index (χ1v) is 13.4. The lowest BCUT2D eigenvalue weighted by atomic mass is 9.94. The zero-order valence-electron chi connectivity index (χ0n) is 22.0. The number of halogens is 3. The number of hydrogen-bond donors (Lipinski definition) is 2. The number of alkyl halides is 3. The number of benzene rings is 1. The van der Waals surface area contributed by atoms with Crippen molar-refractivity contribution in [1.29, 1.82) is 0 Å². The van der Waals surface area contributed by atoms with Crippen LogP contribution >= 0.6 is 0 Å². The van der Waals surface area contributed by atoms with E-state index in [0.717, 1.165) is 37.8 Å². The number of aromatic nitrogens is 1. The Hall–Kier alpha value is -3.67. The van der Waals surface area contributed by atoms with Crippen molar-refractivity contribution >= 4 is 23.4 Å². The van der Waals surface area contributed by atoms with Crippen molar-refractivity contribution < 1.29 is 37.0 Å². The summed E-state index contributed by atoms with van der Waals surface area (Å²) in [5.74, 6) is -0.747. The maximum Gasteiger partial charge on any atom is 0.417 e. The molecule has 1 aliphatic carbocycles. The molecular weight excluding hydrogens is 529 g/mol. The zero-order valence-corrected chi connectivity index (χ0v) is 22.0. The van der Waals surface area contributed by atoms with Crippen molar-refractivity contribution in [2.24, 2.45) is 0 Å². The van der Waals surface area contributed by atoms with Crippen LogP contribution in [0.5, 0.6) is 5.75 Å². The highest BCUT2D eigenvalue weighted by Gasteiger charge is 2.39. The van der Waals surface area contributed by atoms with Gasteiger partial charge in [-0.1, -0.05) is 12.8 Å². The van der Waals surface area contributed by atoms with Gasteiger partial charge in [-0.2, -0.15) is 13.2 Å². The Morgan fingerprint density at radius 1 is 1.10 bits per heavy atom. The van der Waals surface area contributed by atoms with E-state index >= 15 is 0 Å². The quantitative estimate of drug-likeness (QED) is 0.568. The molecule has 2 N–H and O–H groups in total. The van der Waals surface area contributed by atoms with Gasteiger partial charge in [0.25, 0.3) is 11.8 Å². The lowest BCUT2D eigenvalue weighted by molar-refractivity contribution is -0.138. The molecule has 3 heterocycles. The van der Waals surface area contributed by atoms with E-state index in [4.69, 9.17) is 9.47 Å². The molecule has 2 aliphatic heterocycles. The second kappa shape index (κ2) is 11.4. The van der Waals surface area contributed by atoms with Crippen LogP contribution < -0.4 is 15.4 Å². The van der Waals surface area contributed by atoms with Crippen LogP contribution in [-0.2, 0) is 15.7 Å². The summed E-state index contributed by atoms with van der Waals surface area (Å²) < 4.78 is 50.6. The zero-order chi connectivity index (χ0) is 28.4. The molecule has 2 aromatic rings. The number of fused-ring (bicyclic) bond motifs is 2. The molecule has 12 heteroatoms. The van der Waals surface area contributed by atoms with Gasteiger partial charge in [0, 0.05) is 25.0 Å². The third kappa shape index (κ3) is 6.22. The predicted molar refractivity (Wildman–Crippen MR) is 138 cm³/mol. The lowest BCUT2D eigenvalue weighted by Gasteiger charge is -2.42. The fourth-order valence-corrected chi connectivity index (χ4v) is 5.56. The Kier molecular flexibility index (Phi) is 7.97. The summed E-state index contributed by atoms with van der Waals surface area (Å²) >= 11 is 0. The van der Waals surface area contributed by atoms with Crippen LogP contribution in [0.3, 0.4) is 0 Å². The number of carbonyl (C=O) groups is 3. The summed E-state index contributed by atoms with van der Waals surface area (Å²) in [5.41, 5.74) is -0.661. The smallest absolute Gasteiger partial charge is 0.417 e. The van der Waals surface area contributed by atoms with Crippen molar-refractivity contribution in [2.45, 2.75) is 75.4 Å². The molecule has 0 bridgehead atoms. The number of nitrogens with one attached hydrogen (secondary N) is 2. The molecule has 214 valence electrons. The Labute approximate surface area is 229 Å². The number of carbonyl (C=O) groups excluding carboxylic acids is 3. The highest BCUT2D eigenvalue weighted by molar-refractivity contribution is 6.04. The number of rotatable bonds is 5. The van der Waals surface area contributed by atoms with Crippen molar-refractivity contribution in [3.63, 3.8) is 0 Å². The average Bonchev–Trinajstić information content (AvgIpc) is 3.43. The highest BCUT2D eigenvalue weighted by atomic mass is 19.4. The minimum Gasteiger partial charge on any atom is -0.490 e. The van der Waals surface area contributed by atoms with E-state index in [9.17, 15) is 27.6 Å². The Balaban J connectivity index is 1.24. The minimum atomic E-state index is -4.56. The standard InChI is InChI=1S/C28H31F3N4O5/c1-35-22-10-8-19(13-25(36)33-17-4-2-3-5-17)40-24(22)15-39-23-11-7-18(12-20(23)27(35)38)34-26(37)21-9-6-16(14-32-21)28(29,30)31/h6-7,9,11-12,14,17,19,22,24H,2-5,8,10,13,15H2,1H3,(H,33,36)(H,34,37)/t19-,22-,24-/m0/s1. The normalized spacial score (nSPS) is 23.4. The number of nitrogens with zero attached hydrogens (tertiary/aromatic N) is 2. The van der Waals surface area contributed by atoms with Gasteiger partial charge in [0.2, 0.25) is 5.91 Å². The van der Waals surface area contributed by atoms with Crippen LogP contribution in [-0.4, -0.2) is 65.6 Å². The molecule has 9 nitrogen and oxygen atoms in total. The molecule has 1 saturated carbocycles. The van der Waals surface area contributed by atoms with Gasteiger partial charge in [-0.3, -0.25) is 19.4 Å². The lowest BCUT2D eigenvalue weighted by Crippen LogP contribution is -2.54. The summed E-state index contributed by atoms with van der Waals surface area (Å²) in [6.07, 6.45) is 1.20. The number of amides is 3.